The minimum atomic E-state index is -3.72. The molecule has 1 aromatic heterocycles. The van der Waals surface area contributed by atoms with E-state index in [0.717, 1.165) is 5.56 Å². The van der Waals surface area contributed by atoms with E-state index in [9.17, 15) is 13.2 Å². The highest BCUT2D eigenvalue weighted by atomic mass is 32.2. The van der Waals surface area contributed by atoms with E-state index >= 15 is 0 Å². The molecule has 0 bridgehead atoms. The van der Waals surface area contributed by atoms with Crippen LogP contribution in [0.4, 0.5) is 0 Å². The molecule has 0 spiro atoms. The van der Waals surface area contributed by atoms with Gasteiger partial charge in [0.25, 0.3) is 0 Å². The van der Waals surface area contributed by atoms with Gasteiger partial charge in [-0.2, -0.15) is 5.26 Å². The van der Waals surface area contributed by atoms with Gasteiger partial charge >= 0.3 is 0 Å². The summed E-state index contributed by atoms with van der Waals surface area (Å²) < 4.78 is 28.0. The van der Waals surface area contributed by atoms with Crippen LogP contribution in [0.25, 0.3) is 10.9 Å². The predicted molar refractivity (Wildman–Crippen MR) is 106 cm³/mol. The van der Waals surface area contributed by atoms with E-state index in [1.807, 2.05) is 19.1 Å². The van der Waals surface area contributed by atoms with Crippen molar-refractivity contribution in [1.82, 2.24) is 9.47 Å². The van der Waals surface area contributed by atoms with Gasteiger partial charge in [0.1, 0.15) is 6.54 Å². The van der Waals surface area contributed by atoms with Crippen LogP contribution >= 0.6 is 0 Å². The van der Waals surface area contributed by atoms with Crippen molar-refractivity contribution >= 4 is 26.6 Å². The number of likely N-dealkylation sites (N-methyl/N-ethyl adjacent to an activating group) is 1. The minimum Gasteiger partial charge on any atom is -0.343 e. The SMILES string of the molecule is Cc1ccc(S(=O)(=O)c2cn(CC(=O)N(C)CCC#N)c3ccccc23)cc1. The van der Waals surface area contributed by atoms with Crippen LogP contribution in [0.1, 0.15) is 12.0 Å². The average Bonchev–Trinajstić information content (AvgIpc) is 3.06. The van der Waals surface area contributed by atoms with Crippen LogP contribution in [0.3, 0.4) is 0 Å². The summed E-state index contributed by atoms with van der Waals surface area (Å²) in [6.45, 7) is 2.24. The molecule has 6 nitrogen and oxygen atoms in total. The van der Waals surface area contributed by atoms with Crippen LogP contribution in [0.5, 0.6) is 0 Å². The molecule has 0 aliphatic heterocycles. The maximum absolute atomic E-state index is 13.2. The van der Waals surface area contributed by atoms with E-state index < -0.39 is 9.84 Å². The maximum atomic E-state index is 13.2. The van der Waals surface area contributed by atoms with Crippen molar-refractivity contribution in [3.63, 3.8) is 0 Å². The molecule has 28 heavy (non-hydrogen) atoms. The summed E-state index contributed by atoms with van der Waals surface area (Å²) in [5.74, 6) is -0.185. The molecule has 2 aromatic carbocycles. The Morgan fingerprint density at radius 1 is 1.14 bits per heavy atom. The van der Waals surface area contributed by atoms with Crippen LogP contribution in [-0.4, -0.2) is 37.4 Å². The molecular formula is C21H21N3O3S. The highest BCUT2D eigenvalue weighted by Crippen LogP contribution is 2.30. The number of rotatable bonds is 6. The van der Waals surface area contributed by atoms with Gasteiger partial charge < -0.3 is 9.47 Å². The monoisotopic (exact) mass is 395 g/mol. The third kappa shape index (κ3) is 3.78. The van der Waals surface area contributed by atoms with E-state index in [1.54, 1.807) is 54.1 Å². The standard InChI is InChI=1S/C21H21N3O3S/c1-16-8-10-17(11-9-16)28(26,27)20-14-24(19-7-4-3-6-18(19)20)15-21(25)23(2)13-5-12-22/h3-4,6-11,14H,5,13,15H2,1-2H3. The van der Waals surface area contributed by atoms with Crippen molar-refractivity contribution in [2.24, 2.45) is 0 Å². The Morgan fingerprint density at radius 2 is 1.82 bits per heavy atom. The Morgan fingerprint density at radius 3 is 2.50 bits per heavy atom. The summed E-state index contributed by atoms with van der Waals surface area (Å²) in [5.41, 5.74) is 1.66. The number of aryl methyl sites for hydroxylation is 1. The van der Waals surface area contributed by atoms with Gasteiger partial charge in [-0.05, 0) is 25.1 Å². The second-order valence-electron chi connectivity index (χ2n) is 6.68. The fraction of sp³-hybridized carbons (Fsp3) is 0.238. The first-order valence-corrected chi connectivity index (χ1v) is 10.3. The van der Waals surface area contributed by atoms with Gasteiger partial charge in [-0.1, -0.05) is 35.9 Å². The molecular weight excluding hydrogens is 374 g/mol. The highest BCUT2D eigenvalue weighted by Gasteiger charge is 2.24. The number of para-hydroxylation sites is 1. The number of aromatic nitrogens is 1. The Kier molecular flexibility index (Phi) is 5.52. The lowest BCUT2D eigenvalue weighted by Crippen LogP contribution is -2.30. The molecule has 0 atom stereocenters. The van der Waals surface area contributed by atoms with Gasteiger partial charge in [0, 0.05) is 30.7 Å². The van der Waals surface area contributed by atoms with Crippen molar-refractivity contribution in [2.75, 3.05) is 13.6 Å². The highest BCUT2D eigenvalue weighted by molar-refractivity contribution is 7.91. The van der Waals surface area contributed by atoms with Crippen molar-refractivity contribution in [3.8, 4) is 6.07 Å². The van der Waals surface area contributed by atoms with Gasteiger partial charge in [0.05, 0.1) is 22.3 Å². The number of hydrogen-bond acceptors (Lipinski definition) is 4. The fourth-order valence-corrected chi connectivity index (χ4v) is 4.49. The normalized spacial score (nSPS) is 11.3. The summed E-state index contributed by atoms with van der Waals surface area (Å²) in [6, 6.07) is 15.9. The summed E-state index contributed by atoms with van der Waals surface area (Å²) in [4.78, 5) is 14.4. The van der Waals surface area contributed by atoms with Gasteiger partial charge in [0.2, 0.25) is 15.7 Å². The number of nitriles is 1. The van der Waals surface area contributed by atoms with Gasteiger partial charge in [-0.15, -0.1) is 0 Å². The first-order chi connectivity index (χ1) is 13.3. The summed E-state index contributed by atoms with van der Waals surface area (Å²) >= 11 is 0. The second-order valence-corrected chi connectivity index (χ2v) is 8.60. The molecule has 1 heterocycles. The van der Waals surface area contributed by atoms with Crippen LogP contribution in [0.15, 0.2) is 64.5 Å². The van der Waals surface area contributed by atoms with E-state index in [2.05, 4.69) is 0 Å². The molecule has 0 N–H and O–H groups in total. The number of benzene rings is 2. The number of hydrogen-bond donors (Lipinski definition) is 0. The molecule has 0 aliphatic carbocycles. The molecule has 0 aliphatic rings. The number of fused-ring (bicyclic) bond motifs is 1. The lowest BCUT2D eigenvalue weighted by atomic mass is 10.2. The van der Waals surface area contributed by atoms with E-state index in [-0.39, 0.29) is 28.7 Å². The van der Waals surface area contributed by atoms with E-state index in [1.165, 1.54) is 11.1 Å². The largest absolute Gasteiger partial charge is 0.343 e. The zero-order valence-corrected chi connectivity index (χ0v) is 16.6. The Labute approximate surface area is 164 Å². The minimum absolute atomic E-state index is 0.00581. The van der Waals surface area contributed by atoms with Crippen molar-refractivity contribution in [1.29, 1.82) is 5.26 Å². The second kappa shape index (κ2) is 7.87. The summed E-state index contributed by atoms with van der Waals surface area (Å²) in [6.07, 6.45) is 1.78. The third-order valence-corrected chi connectivity index (χ3v) is 6.46. The van der Waals surface area contributed by atoms with Gasteiger partial charge in [0.15, 0.2) is 0 Å². The zero-order chi connectivity index (χ0) is 20.3. The number of amides is 1. The molecule has 0 radical (unpaired) electrons. The van der Waals surface area contributed by atoms with Gasteiger partial charge in [-0.25, -0.2) is 8.42 Å². The molecule has 3 aromatic rings. The van der Waals surface area contributed by atoms with Crippen LogP contribution in [0.2, 0.25) is 0 Å². The number of carbonyl (C=O) groups is 1. The van der Waals surface area contributed by atoms with E-state index in [4.69, 9.17) is 5.26 Å². The smallest absolute Gasteiger partial charge is 0.242 e. The average molecular weight is 395 g/mol. The summed E-state index contributed by atoms with van der Waals surface area (Å²) in [7, 11) is -2.09. The maximum Gasteiger partial charge on any atom is 0.242 e. The molecule has 0 saturated carbocycles. The number of nitrogens with zero attached hydrogens (tertiary/aromatic N) is 3. The Hall–Kier alpha value is -3.11. The zero-order valence-electron chi connectivity index (χ0n) is 15.8. The molecule has 0 saturated heterocycles. The van der Waals surface area contributed by atoms with Gasteiger partial charge in [-0.3, -0.25) is 4.79 Å². The quantitative estimate of drug-likeness (QED) is 0.642. The molecule has 3 rings (SSSR count). The fourth-order valence-electron chi connectivity index (χ4n) is 3.01. The molecule has 0 fully saturated rings. The van der Waals surface area contributed by atoms with E-state index in [0.29, 0.717) is 17.4 Å². The molecule has 7 heteroatoms. The van der Waals surface area contributed by atoms with Crippen LogP contribution in [-0.2, 0) is 21.2 Å². The topological polar surface area (TPSA) is 83.2 Å². The first-order valence-electron chi connectivity index (χ1n) is 8.85. The Balaban J connectivity index is 2.03. The molecule has 0 unspecified atom stereocenters. The van der Waals surface area contributed by atoms with Crippen LogP contribution in [0, 0.1) is 18.3 Å². The van der Waals surface area contributed by atoms with Crippen LogP contribution < -0.4 is 0 Å². The third-order valence-electron chi connectivity index (χ3n) is 4.66. The first kappa shape index (κ1) is 19.6. The van der Waals surface area contributed by atoms with Crippen molar-refractivity contribution < 1.29 is 13.2 Å². The van der Waals surface area contributed by atoms with Crippen molar-refractivity contribution in [3.05, 3.63) is 60.3 Å². The predicted octanol–water partition coefficient (Wildman–Crippen LogP) is 3.15. The number of sulfone groups is 1. The van der Waals surface area contributed by atoms with Crippen molar-refractivity contribution in [2.45, 2.75) is 29.7 Å². The Bertz CT molecular complexity index is 1160. The molecule has 1 amide bonds. The lowest BCUT2D eigenvalue weighted by molar-refractivity contribution is -0.130. The lowest BCUT2D eigenvalue weighted by Gasteiger charge is -2.16. The number of carbonyl (C=O) groups excluding carboxylic acids is 1. The summed E-state index contributed by atoms with van der Waals surface area (Å²) in [5, 5.41) is 9.27. The molecule has 144 valence electrons.